The average Bonchev–Trinajstić information content (AvgIpc) is 3.30. The molecule has 0 aliphatic carbocycles. The minimum Gasteiger partial charge on any atom is -0.467 e. The van der Waals surface area contributed by atoms with Crippen LogP contribution in [0.4, 0.5) is 5.95 Å². The lowest BCUT2D eigenvalue weighted by Gasteiger charge is -2.35. The molecule has 1 saturated heterocycles. The fourth-order valence-electron chi connectivity index (χ4n) is 3.40. The number of piperazine rings is 1. The molecule has 1 amide bonds. The van der Waals surface area contributed by atoms with Gasteiger partial charge in [-0.2, -0.15) is 0 Å². The van der Waals surface area contributed by atoms with Crippen LogP contribution in [0.3, 0.4) is 0 Å². The molecule has 0 bridgehead atoms. The number of rotatable bonds is 6. The summed E-state index contributed by atoms with van der Waals surface area (Å²) in [7, 11) is 0. The Balaban J connectivity index is 1.34. The van der Waals surface area contributed by atoms with Crippen molar-refractivity contribution in [3.63, 3.8) is 0 Å². The van der Waals surface area contributed by atoms with Gasteiger partial charge in [0.1, 0.15) is 5.76 Å². The molecule has 28 heavy (non-hydrogen) atoms. The van der Waals surface area contributed by atoms with Crippen molar-refractivity contribution in [2.75, 3.05) is 37.6 Å². The van der Waals surface area contributed by atoms with Gasteiger partial charge in [-0.3, -0.25) is 10.1 Å². The van der Waals surface area contributed by atoms with E-state index < -0.39 is 0 Å². The van der Waals surface area contributed by atoms with Gasteiger partial charge in [0, 0.05) is 38.6 Å². The second-order valence-electron chi connectivity index (χ2n) is 6.66. The summed E-state index contributed by atoms with van der Waals surface area (Å²) < 4.78 is 5.58. The maximum atomic E-state index is 12.7. The van der Waals surface area contributed by atoms with Crippen molar-refractivity contribution in [1.29, 1.82) is 0 Å². The average molecular weight is 377 g/mol. The summed E-state index contributed by atoms with van der Waals surface area (Å²) in [5.74, 6) is 1.60. The normalized spacial score (nSPS) is 15.4. The second-order valence-corrected chi connectivity index (χ2v) is 6.66. The molecule has 4 rings (SSSR count). The molecule has 7 heteroatoms. The van der Waals surface area contributed by atoms with E-state index in [4.69, 9.17) is 4.42 Å². The van der Waals surface area contributed by atoms with E-state index in [0.29, 0.717) is 13.1 Å². The number of furan rings is 1. The SMILES string of the molecule is O=C(CN[C@@H](c1ccccc1)c1ccco1)N1CCN(c2ncccn2)CC1. The molecule has 1 atom stereocenters. The largest absolute Gasteiger partial charge is 0.467 e. The standard InChI is InChI=1S/C21H23N5O2/c27-19(25-11-13-26(14-12-25)21-22-9-5-10-23-21)16-24-20(18-8-4-15-28-18)17-6-2-1-3-7-17/h1-10,15,20,24H,11-14,16H2/t20-/m0/s1. The van der Waals surface area contributed by atoms with Gasteiger partial charge in [0.15, 0.2) is 0 Å². The van der Waals surface area contributed by atoms with E-state index in [0.717, 1.165) is 30.4 Å². The van der Waals surface area contributed by atoms with E-state index in [1.54, 1.807) is 24.7 Å². The van der Waals surface area contributed by atoms with Crippen molar-refractivity contribution in [3.8, 4) is 0 Å². The third-order valence-corrected chi connectivity index (χ3v) is 4.89. The van der Waals surface area contributed by atoms with Gasteiger partial charge in [-0.1, -0.05) is 30.3 Å². The Morgan fingerprint density at radius 2 is 1.75 bits per heavy atom. The summed E-state index contributed by atoms with van der Waals surface area (Å²) in [5.41, 5.74) is 1.07. The topological polar surface area (TPSA) is 74.5 Å². The first-order valence-corrected chi connectivity index (χ1v) is 9.43. The molecular weight excluding hydrogens is 354 g/mol. The van der Waals surface area contributed by atoms with Gasteiger partial charge >= 0.3 is 0 Å². The Morgan fingerprint density at radius 1 is 1.00 bits per heavy atom. The van der Waals surface area contributed by atoms with Gasteiger partial charge in [0.2, 0.25) is 11.9 Å². The van der Waals surface area contributed by atoms with E-state index in [9.17, 15) is 4.79 Å². The van der Waals surface area contributed by atoms with Gasteiger partial charge in [0.25, 0.3) is 0 Å². The van der Waals surface area contributed by atoms with Crippen LogP contribution in [0.2, 0.25) is 0 Å². The Kier molecular flexibility index (Phi) is 5.63. The fourth-order valence-corrected chi connectivity index (χ4v) is 3.40. The van der Waals surface area contributed by atoms with Crippen molar-refractivity contribution < 1.29 is 9.21 Å². The predicted octanol–water partition coefficient (Wildman–Crippen LogP) is 2.10. The number of carbonyl (C=O) groups excluding carboxylic acids is 1. The number of nitrogens with one attached hydrogen (secondary N) is 1. The molecule has 7 nitrogen and oxygen atoms in total. The Bertz CT molecular complexity index is 862. The zero-order chi connectivity index (χ0) is 19.2. The second kappa shape index (κ2) is 8.67. The quantitative estimate of drug-likeness (QED) is 0.709. The smallest absolute Gasteiger partial charge is 0.236 e. The molecule has 0 unspecified atom stereocenters. The number of aromatic nitrogens is 2. The lowest BCUT2D eigenvalue weighted by Crippen LogP contribution is -2.51. The molecule has 0 saturated carbocycles. The van der Waals surface area contributed by atoms with Crippen LogP contribution in [-0.4, -0.2) is 53.5 Å². The van der Waals surface area contributed by atoms with Crippen molar-refractivity contribution >= 4 is 11.9 Å². The van der Waals surface area contributed by atoms with Crippen LogP contribution in [0, 0.1) is 0 Å². The first kappa shape index (κ1) is 18.2. The van der Waals surface area contributed by atoms with E-state index in [1.807, 2.05) is 47.4 Å². The van der Waals surface area contributed by atoms with Gasteiger partial charge < -0.3 is 14.2 Å². The van der Waals surface area contributed by atoms with Crippen LogP contribution in [-0.2, 0) is 4.79 Å². The first-order valence-electron chi connectivity index (χ1n) is 9.43. The summed E-state index contributed by atoms with van der Waals surface area (Å²) in [5, 5.41) is 3.36. The molecule has 1 N–H and O–H groups in total. The molecule has 1 aliphatic heterocycles. The maximum Gasteiger partial charge on any atom is 0.236 e. The summed E-state index contributed by atoms with van der Waals surface area (Å²) in [6, 6.07) is 15.4. The molecule has 1 aromatic carbocycles. The Hall–Kier alpha value is -3.19. The van der Waals surface area contributed by atoms with Crippen LogP contribution in [0.5, 0.6) is 0 Å². The molecule has 2 aromatic heterocycles. The highest BCUT2D eigenvalue weighted by molar-refractivity contribution is 5.78. The van der Waals surface area contributed by atoms with E-state index in [2.05, 4.69) is 20.2 Å². The number of anilines is 1. The summed E-state index contributed by atoms with van der Waals surface area (Å²) in [4.78, 5) is 25.3. The Labute approximate surface area is 164 Å². The van der Waals surface area contributed by atoms with E-state index >= 15 is 0 Å². The molecule has 3 aromatic rings. The lowest BCUT2D eigenvalue weighted by molar-refractivity contribution is -0.130. The van der Waals surface area contributed by atoms with Gasteiger partial charge in [0.05, 0.1) is 18.8 Å². The third-order valence-electron chi connectivity index (χ3n) is 4.89. The number of nitrogens with zero attached hydrogens (tertiary/aromatic N) is 4. The number of hydrogen-bond acceptors (Lipinski definition) is 6. The van der Waals surface area contributed by atoms with Crippen LogP contribution >= 0.6 is 0 Å². The number of hydrogen-bond donors (Lipinski definition) is 1. The van der Waals surface area contributed by atoms with E-state index in [1.165, 1.54) is 0 Å². The van der Waals surface area contributed by atoms with Crippen molar-refractivity contribution in [2.24, 2.45) is 0 Å². The molecule has 0 radical (unpaired) electrons. The Morgan fingerprint density at radius 3 is 2.43 bits per heavy atom. The summed E-state index contributed by atoms with van der Waals surface area (Å²) in [6.45, 7) is 3.04. The minimum atomic E-state index is -0.154. The van der Waals surface area contributed by atoms with Crippen LogP contribution < -0.4 is 10.2 Å². The van der Waals surface area contributed by atoms with Crippen molar-refractivity contribution in [2.45, 2.75) is 6.04 Å². The summed E-state index contributed by atoms with van der Waals surface area (Å²) in [6.07, 6.45) is 5.13. The van der Waals surface area contributed by atoms with E-state index in [-0.39, 0.29) is 18.5 Å². The van der Waals surface area contributed by atoms with Crippen molar-refractivity contribution in [3.05, 3.63) is 78.5 Å². The first-order chi connectivity index (χ1) is 13.8. The zero-order valence-electron chi connectivity index (χ0n) is 15.6. The third kappa shape index (κ3) is 4.20. The molecule has 3 heterocycles. The summed E-state index contributed by atoms with van der Waals surface area (Å²) >= 11 is 0. The highest BCUT2D eigenvalue weighted by Crippen LogP contribution is 2.22. The lowest BCUT2D eigenvalue weighted by atomic mass is 10.0. The number of amides is 1. The highest BCUT2D eigenvalue weighted by Gasteiger charge is 2.24. The van der Waals surface area contributed by atoms with Crippen molar-refractivity contribution in [1.82, 2.24) is 20.2 Å². The number of benzene rings is 1. The molecule has 144 valence electrons. The zero-order valence-corrected chi connectivity index (χ0v) is 15.6. The number of carbonyl (C=O) groups is 1. The van der Waals surface area contributed by atoms with Crippen LogP contribution in [0.1, 0.15) is 17.4 Å². The fraction of sp³-hybridized carbons (Fsp3) is 0.286. The van der Waals surface area contributed by atoms with Gasteiger partial charge in [-0.05, 0) is 23.8 Å². The van der Waals surface area contributed by atoms with Gasteiger partial charge in [-0.15, -0.1) is 0 Å². The molecular formula is C21H23N5O2. The molecule has 0 spiro atoms. The maximum absolute atomic E-state index is 12.7. The highest BCUT2D eigenvalue weighted by atomic mass is 16.3. The monoisotopic (exact) mass is 377 g/mol. The predicted molar refractivity (Wildman–Crippen MR) is 106 cm³/mol. The minimum absolute atomic E-state index is 0.0844. The van der Waals surface area contributed by atoms with Gasteiger partial charge in [-0.25, -0.2) is 9.97 Å². The van der Waals surface area contributed by atoms with Crippen LogP contribution in [0.15, 0.2) is 71.6 Å². The van der Waals surface area contributed by atoms with Crippen LogP contribution in [0.25, 0.3) is 0 Å². The molecule has 1 aliphatic rings. The molecule has 1 fully saturated rings.